The Balaban J connectivity index is 1.72. The number of nitrogens with one attached hydrogen (secondary N) is 1. The van der Waals surface area contributed by atoms with Gasteiger partial charge in [-0.3, -0.25) is 9.59 Å². The van der Waals surface area contributed by atoms with Crippen LogP contribution in [0.2, 0.25) is 0 Å². The van der Waals surface area contributed by atoms with Crippen molar-refractivity contribution in [3.8, 4) is 0 Å². The molecule has 21 heavy (non-hydrogen) atoms. The van der Waals surface area contributed by atoms with E-state index in [1.165, 1.54) is 0 Å². The maximum atomic E-state index is 12.0. The van der Waals surface area contributed by atoms with Gasteiger partial charge < -0.3 is 15.1 Å². The molecule has 1 aromatic carbocycles. The maximum absolute atomic E-state index is 12.0. The monoisotopic (exact) mass is 289 g/mol. The third-order valence-electron chi connectivity index (χ3n) is 3.71. The fraction of sp³-hybridized carbons (Fsp3) is 0.500. The topological polar surface area (TPSA) is 52.7 Å². The van der Waals surface area contributed by atoms with Crippen LogP contribution < -0.4 is 10.2 Å². The minimum Gasteiger partial charge on any atom is -0.378 e. The molecule has 1 aromatic rings. The normalized spacial score (nSPS) is 14.4. The smallest absolute Gasteiger partial charge is 0.251 e. The minimum absolute atomic E-state index is 0.0620. The summed E-state index contributed by atoms with van der Waals surface area (Å²) in [5.74, 6) is 0.175. The molecule has 0 atom stereocenters. The fourth-order valence-corrected chi connectivity index (χ4v) is 2.43. The molecule has 2 amide bonds. The summed E-state index contributed by atoms with van der Waals surface area (Å²) < 4.78 is 0. The highest BCUT2D eigenvalue weighted by atomic mass is 16.2. The summed E-state index contributed by atoms with van der Waals surface area (Å²) in [5.41, 5.74) is 1.73. The lowest BCUT2D eigenvalue weighted by atomic mass is 10.2. The molecule has 1 N–H and O–H groups in total. The summed E-state index contributed by atoms with van der Waals surface area (Å²) in [6.07, 6.45) is 2.43. The lowest BCUT2D eigenvalue weighted by molar-refractivity contribution is -0.127. The van der Waals surface area contributed by atoms with E-state index in [1.807, 2.05) is 48.2 Å². The van der Waals surface area contributed by atoms with Gasteiger partial charge in [-0.25, -0.2) is 0 Å². The predicted molar refractivity (Wildman–Crippen MR) is 83.5 cm³/mol. The molecule has 1 aliphatic rings. The summed E-state index contributed by atoms with van der Waals surface area (Å²) in [5, 5.41) is 2.90. The fourth-order valence-electron chi connectivity index (χ4n) is 2.43. The lowest BCUT2D eigenvalue weighted by Gasteiger charge is -2.15. The first-order chi connectivity index (χ1) is 10.1. The highest BCUT2D eigenvalue weighted by molar-refractivity contribution is 5.94. The summed E-state index contributed by atoms with van der Waals surface area (Å²) in [6, 6.07) is 7.51. The SMILES string of the molecule is CN(C)c1ccc(C(=O)NCCCN2CCCC2=O)cc1. The zero-order chi connectivity index (χ0) is 15.2. The summed E-state index contributed by atoms with van der Waals surface area (Å²) in [7, 11) is 3.93. The number of carbonyl (C=O) groups is 2. The third kappa shape index (κ3) is 4.21. The summed E-state index contributed by atoms with van der Waals surface area (Å²) in [4.78, 5) is 27.3. The maximum Gasteiger partial charge on any atom is 0.251 e. The first-order valence-electron chi connectivity index (χ1n) is 7.41. The number of carbonyl (C=O) groups excluding carboxylic acids is 2. The first-order valence-corrected chi connectivity index (χ1v) is 7.41. The number of amides is 2. The number of hydrogen-bond acceptors (Lipinski definition) is 3. The van der Waals surface area contributed by atoms with E-state index in [1.54, 1.807) is 0 Å². The van der Waals surface area contributed by atoms with Gasteiger partial charge in [0.15, 0.2) is 0 Å². The Bertz CT molecular complexity index is 497. The zero-order valence-electron chi connectivity index (χ0n) is 12.8. The zero-order valence-corrected chi connectivity index (χ0v) is 12.8. The van der Waals surface area contributed by atoms with Crippen molar-refractivity contribution in [1.29, 1.82) is 0 Å². The van der Waals surface area contributed by atoms with Crippen molar-refractivity contribution in [2.75, 3.05) is 38.6 Å². The van der Waals surface area contributed by atoms with Crippen LogP contribution in [-0.4, -0.2) is 50.4 Å². The molecule has 0 unspecified atom stereocenters. The van der Waals surface area contributed by atoms with Crippen molar-refractivity contribution in [2.24, 2.45) is 0 Å². The highest BCUT2D eigenvalue weighted by Crippen LogP contribution is 2.12. The highest BCUT2D eigenvalue weighted by Gasteiger charge is 2.19. The largest absolute Gasteiger partial charge is 0.378 e. The lowest BCUT2D eigenvalue weighted by Crippen LogP contribution is -2.30. The molecule has 1 heterocycles. The molecule has 0 aromatic heterocycles. The van der Waals surface area contributed by atoms with E-state index >= 15 is 0 Å². The van der Waals surface area contributed by atoms with Crippen molar-refractivity contribution < 1.29 is 9.59 Å². The van der Waals surface area contributed by atoms with E-state index in [-0.39, 0.29) is 11.8 Å². The molecule has 0 saturated carbocycles. The van der Waals surface area contributed by atoms with Gasteiger partial charge in [-0.2, -0.15) is 0 Å². The van der Waals surface area contributed by atoms with Gasteiger partial charge in [0.1, 0.15) is 0 Å². The van der Waals surface area contributed by atoms with Gasteiger partial charge in [-0.15, -0.1) is 0 Å². The molecule has 0 bridgehead atoms. The van der Waals surface area contributed by atoms with Crippen molar-refractivity contribution >= 4 is 17.5 Å². The van der Waals surface area contributed by atoms with Crippen LogP contribution in [0, 0.1) is 0 Å². The van der Waals surface area contributed by atoms with Gasteiger partial charge in [-0.05, 0) is 37.1 Å². The predicted octanol–water partition coefficient (Wildman–Crippen LogP) is 1.49. The Morgan fingerprint density at radius 3 is 2.57 bits per heavy atom. The Hall–Kier alpha value is -2.04. The van der Waals surface area contributed by atoms with Gasteiger partial charge in [-0.1, -0.05) is 0 Å². The molecule has 1 saturated heterocycles. The summed E-state index contributed by atoms with van der Waals surface area (Å²) >= 11 is 0. The number of rotatable bonds is 6. The van der Waals surface area contributed by atoms with Crippen LogP contribution in [-0.2, 0) is 4.79 Å². The van der Waals surface area contributed by atoms with Crippen LogP contribution in [0.3, 0.4) is 0 Å². The summed E-state index contributed by atoms with van der Waals surface area (Å²) in [6.45, 7) is 2.19. The second-order valence-electron chi connectivity index (χ2n) is 5.54. The molecule has 114 valence electrons. The minimum atomic E-state index is -0.0620. The van der Waals surface area contributed by atoms with Crippen LogP contribution in [0.1, 0.15) is 29.6 Å². The van der Waals surface area contributed by atoms with Crippen molar-refractivity contribution in [3.63, 3.8) is 0 Å². The Morgan fingerprint density at radius 2 is 2.00 bits per heavy atom. The van der Waals surface area contributed by atoms with E-state index in [9.17, 15) is 9.59 Å². The van der Waals surface area contributed by atoms with Crippen LogP contribution in [0.4, 0.5) is 5.69 Å². The second-order valence-corrected chi connectivity index (χ2v) is 5.54. The van der Waals surface area contributed by atoms with Crippen molar-refractivity contribution in [1.82, 2.24) is 10.2 Å². The molecular weight excluding hydrogens is 266 g/mol. The van der Waals surface area contributed by atoms with Crippen LogP contribution >= 0.6 is 0 Å². The molecule has 1 aliphatic heterocycles. The van der Waals surface area contributed by atoms with Gasteiger partial charge in [0.25, 0.3) is 5.91 Å². The molecule has 5 nitrogen and oxygen atoms in total. The number of nitrogens with zero attached hydrogens (tertiary/aromatic N) is 2. The molecule has 0 radical (unpaired) electrons. The molecule has 0 spiro atoms. The molecular formula is C16H23N3O2. The quantitative estimate of drug-likeness (QED) is 0.807. The van der Waals surface area contributed by atoms with E-state index in [2.05, 4.69) is 5.32 Å². The number of hydrogen-bond donors (Lipinski definition) is 1. The standard InChI is InChI=1S/C16H23N3O2/c1-18(2)14-8-6-13(7-9-14)16(21)17-10-4-12-19-11-3-5-15(19)20/h6-9H,3-5,10-12H2,1-2H3,(H,17,21). The number of likely N-dealkylation sites (tertiary alicyclic amines) is 1. The van der Waals surface area contributed by atoms with E-state index in [0.29, 0.717) is 18.5 Å². The van der Waals surface area contributed by atoms with Gasteiger partial charge >= 0.3 is 0 Å². The van der Waals surface area contributed by atoms with Crippen LogP contribution in [0.5, 0.6) is 0 Å². The van der Waals surface area contributed by atoms with Gasteiger partial charge in [0.05, 0.1) is 0 Å². The average Bonchev–Trinajstić information content (AvgIpc) is 2.89. The third-order valence-corrected chi connectivity index (χ3v) is 3.71. The van der Waals surface area contributed by atoms with Crippen molar-refractivity contribution in [3.05, 3.63) is 29.8 Å². The first kappa shape index (κ1) is 15.4. The van der Waals surface area contributed by atoms with E-state index in [4.69, 9.17) is 0 Å². The number of anilines is 1. The van der Waals surface area contributed by atoms with Crippen molar-refractivity contribution in [2.45, 2.75) is 19.3 Å². The Kier molecular flexibility index (Phi) is 5.20. The van der Waals surface area contributed by atoms with E-state index < -0.39 is 0 Å². The van der Waals surface area contributed by atoms with Crippen LogP contribution in [0.15, 0.2) is 24.3 Å². The Morgan fingerprint density at radius 1 is 1.29 bits per heavy atom. The Labute approximate surface area is 125 Å². The molecule has 1 fully saturated rings. The molecule has 2 rings (SSSR count). The second kappa shape index (κ2) is 7.11. The average molecular weight is 289 g/mol. The van der Waals surface area contributed by atoms with Gasteiger partial charge in [0.2, 0.25) is 5.91 Å². The van der Waals surface area contributed by atoms with Gasteiger partial charge in [0, 0.05) is 51.4 Å². The van der Waals surface area contributed by atoms with E-state index in [0.717, 1.165) is 31.6 Å². The molecule has 5 heteroatoms. The number of benzene rings is 1. The van der Waals surface area contributed by atoms with Crippen LogP contribution in [0.25, 0.3) is 0 Å². The molecule has 0 aliphatic carbocycles.